The second kappa shape index (κ2) is 6.50. The van der Waals surface area contributed by atoms with E-state index in [-0.39, 0.29) is 24.6 Å². The normalized spacial score (nSPS) is 13.4. The lowest BCUT2D eigenvalue weighted by Crippen LogP contribution is -2.37. The van der Waals surface area contributed by atoms with E-state index in [1.54, 1.807) is 30.2 Å². The zero-order valence-electron chi connectivity index (χ0n) is 10.1. The van der Waals surface area contributed by atoms with Crippen molar-refractivity contribution in [2.24, 2.45) is 0 Å². The molecular weight excluding hydrogens is 258 g/mol. The molecule has 0 fully saturated rings. The summed E-state index contributed by atoms with van der Waals surface area (Å²) < 4.78 is 27.5. The van der Waals surface area contributed by atoms with Gasteiger partial charge in [-0.15, -0.1) is 0 Å². The van der Waals surface area contributed by atoms with Crippen LogP contribution >= 0.6 is 0 Å². The smallest absolute Gasteiger partial charge is 0.303 e. The van der Waals surface area contributed by atoms with E-state index in [2.05, 4.69) is 9.71 Å². The summed E-state index contributed by atoms with van der Waals surface area (Å²) in [6.45, 7) is 2.23. The van der Waals surface area contributed by atoms with Gasteiger partial charge in [0.25, 0.3) is 0 Å². The van der Waals surface area contributed by atoms with Crippen LogP contribution in [0.15, 0.2) is 18.7 Å². The summed E-state index contributed by atoms with van der Waals surface area (Å²) in [5, 5.41) is 8.44. The molecule has 18 heavy (non-hydrogen) atoms. The minimum absolute atomic E-state index is 0.114. The van der Waals surface area contributed by atoms with Gasteiger partial charge in [0.2, 0.25) is 10.0 Å². The van der Waals surface area contributed by atoms with E-state index in [1.807, 2.05) is 0 Å². The van der Waals surface area contributed by atoms with Crippen molar-refractivity contribution in [3.8, 4) is 0 Å². The second-order valence-corrected chi connectivity index (χ2v) is 5.97. The number of carboxylic acid groups (broad SMARTS) is 1. The Bertz CT molecular complexity index is 469. The Hall–Kier alpha value is -1.41. The number of carboxylic acids is 1. The molecule has 0 saturated carbocycles. The highest BCUT2D eigenvalue weighted by molar-refractivity contribution is 7.89. The third-order valence-corrected chi connectivity index (χ3v) is 3.82. The van der Waals surface area contributed by atoms with Gasteiger partial charge in [-0.1, -0.05) is 0 Å². The van der Waals surface area contributed by atoms with Crippen LogP contribution in [0.3, 0.4) is 0 Å². The number of rotatable bonds is 8. The van der Waals surface area contributed by atoms with Crippen LogP contribution in [0.25, 0.3) is 0 Å². The second-order valence-electron chi connectivity index (χ2n) is 4.09. The molecule has 7 nitrogen and oxygen atoms in total. The molecule has 1 unspecified atom stereocenters. The molecule has 0 radical (unpaired) electrons. The summed E-state index contributed by atoms with van der Waals surface area (Å²) in [5.74, 6) is -1.16. The highest BCUT2D eigenvalue weighted by atomic mass is 32.2. The van der Waals surface area contributed by atoms with Crippen LogP contribution in [-0.2, 0) is 21.4 Å². The van der Waals surface area contributed by atoms with Crippen LogP contribution < -0.4 is 4.72 Å². The van der Waals surface area contributed by atoms with E-state index >= 15 is 0 Å². The predicted molar refractivity (Wildman–Crippen MR) is 65.5 cm³/mol. The highest BCUT2D eigenvalue weighted by Gasteiger charge is 2.15. The van der Waals surface area contributed by atoms with Crippen LogP contribution in [0, 0.1) is 0 Å². The van der Waals surface area contributed by atoms with Crippen molar-refractivity contribution in [2.45, 2.75) is 32.4 Å². The number of aliphatic carboxylic acids is 1. The monoisotopic (exact) mass is 275 g/mol. The van der Waals surface area contributed by atoms with Crippen LogP contribution in [0.5, 0.6) is 0 Å². The molecule has 0 aromatic carbocycles. The molecule has 0 saturated heterocycles. The molecule has 1 aromatic rings. The molecule has 1 heterocycles. The molecule has 0 aliphatic rings. The standard InChI is InChI=1S/C10H17N3O4S/c1-9(7-13-5-4-11-8-13)12-18(16,17)6-2-3-10(14)15/h4-5,8-9,12H,2-3,6-7H2,1H3,(H,14,15). The third kappa shape index (κ3) is 5.78. The maximum atomic E-state index is 11.6. The van der Waals surface area contributed by atoms with Crippen LogP contribution in [0.2, 0.25) is 0 Å². The number of imidazole rings is 1. The average molecular weight is 275 g/mol. The maximum absolute atomic E-state index is 11.6. The van der Waals surface area contributed by atoms with Crippen LogP contribution in [0.4, 0.5) is 0 Å². The molecule has 1 rings (SSSR count). The third-order valence-electron chi connectivity index (χ3n) is 2.23. The van der Waals surface area contributed by atoms with Gasteiger partial charge in [0.05, 0.1) is 12.1 Å². The number of carbonyl (C=O) groups is 1. The first-order chi connectivity index (χ1) is 8.39. The van der Waals surface area contributed by atoms with Crippen molar-refractivity contribution >= 4 is 16.0 Å². The van der Waals surface area contributed by atoms with Gasteiger partial charge in [-0.25, -0.2) is 18.1 Å². The Kier molecular flexibility index (Phi) is 5.29. The van der Waals surface area contributed by atoms with E-state index in [9.17, 15) is 13.2 Å². The van der Waals surface area contributed by atoms with Crippen molar-refractivity contribution in [1.29, 1.82) is 0 Å². The van der Waals surface area contributed by atoms with Gasteiger partial charge in [0, 0.05) is 31.4 Å². The van der Waals surface area contributed by atoms with Gasteiger partial charge in [0.1, 0.15) is 0 Å². The molecule has 8 heteroatoms. The summed E-state index contributed by atoms with van der Waals surface area (Å²) in [4.78, 5) is 14.2. The van der Waals surface area contributed by atoms with Crippen molar-refractivity contribution in [3.63, 3.8) is 0 Å². The number of hydrogen-bond acceptors (Lipinski definition) is 4. The predicted octanol–water partition coefficient (Wildman–Crippen LogP) is 0.0558. The first-order valence-electron chi connectivity index (χ1n) is 5.56. The summed E-state index contributed by atoms with van der Waals surface area (Å²) in [7, 11) is -3.43. The van der Waals surface area contributed by atoms with Crippen molar-refractivity contribution in [2.75, 3.05) is 5.75 Å². The van der Waals surface area contributed by atoms with Gasteiger partial charge in [-0.2, -0.15) is 0 Å². The van der Waals surface area contributed by atoms with Gasteiger partial charge in [-0.05, 0) is 13.3 Å². The van der Waals surface area contributed by atoms with Gasteiger partial charge in [0.15, 0.2) is 0 Å². The summed E-state index contributed by atoms with van der Waals surface area (Å²) in [6.07, 6.45) is 4.94. The quantitative estimate of drug-likeness (QED) is 0.698. The minimum Gasteiger partial charge on any atom is -0.481 e. The van der Waals surface area contributed by atoms with Crippen molar-refractivity contribution in [3.05, 3.63) is 18.7 Å². The number of hydrogen-bond donors (Lipinski definition) is 2. The summed E-state index contributed by atoms with van der Waals surface area (Å²) >= 11 is 0. The zero-order valence-corrected chi connectivity index (χ0v) is 10.9. The fourth-order valence-corrected chi connectivity index (χ4v) is 2.86. The largest absolute Gasteiger partial charge is 0.481 e. The summed E-state index contributed by atoms with van der Waals surface area (Å²) in [5.41, 5.74) is 0. The molecule has 0 amide bonds. The number of aromatic nitrogens is 2. The minimum atomic E-state index is -3.43. The Morgan fingerprint density at radius 1 is 1.56 bits per heavy atom. The fraction of sp³-hybridized carbons (Fsp3) is 0.600. The molecule has 1 aromatic heterocycles. The fourth-order valence-electron chi connectivity index (χ4n) is 1.53. The van der Waals surface area contributed by atoms with E-state index < -0.39 is 16.0 Å². The number of sulfonamides is 1. The van der Waals surface area contributed by atoms with Gasteiger partial charge < -0.3 is 9.67 Å². The van der Waals surface area contributed by atoms with Crippen molar-refractivity contribution < 1.29 is 18.3 Å². The van der Waals surface area contributed by atoms with Crippen LogP contribution in [-0.4, -0.2) is 40.8 Å². The van der Waals surface area contributed by atoms with E-state index in [0.717, 1.165) is 0 Å². The van der Waals surface area contributed by atoms with E-state index in [1.165, 1.54) is 0 Å². The lowest BCUT2D eigenvalue weighted by atomic mass is 10.3. The lowest BCUT2D eigenvalue weighted by molar-refractivity contribution is -0.137. The molecule has 0 aliphatic heterocycles. The Labute approximate surface area is 106 Å². The topological polar surface area (TPSA) is 101 Å². The Morgan fingerprint density at radius 3 is 2.83 bits per heavy atom. The molecule has 102 valence electrons. The Balaban J connectivity index is 2.37. The maximum Gasteiger partial charge on any atom is 0.303 e. The van der Waals surface area contributed by atoms with Gasteiger partial charge in [-0.3, -0.25) is 4.79 Å². The van der Waals surface area contributed by atoms with E-state index in [4.69, 9.17) is 5.11 Å². The van der Waals surface area contributed by atoms with Crippen LogP contribution in [0.1, 0.15) is 19.8 Å². The number of nitrogens with zero attached hydrogens (tertiary/aromatic N) is 2. The number of nitrogens with one attached hydrogen (secondary N) is 1. The zero-order chi connectivity index (χ0) is 13.6. The highest BCUT2D eigenvalue weighted by Crippen LogP contribution is 1.98. The Morgan fingerprint density at radius 2 is 2.28 bits per heavy atom. The first-order valence-corrected chi connectivity index (χ1v) is 7.22. The lowest BCUT2D eigenvalue weighted by Gasteiger charge is -2.14. The molecule has 0 bridgehead atoms. The molecular formula is C10H17N3O4S. The van der Waals surface area contributed by atoms with Gasteiger partial charge >= 0.3 is 5.97 Å². The average Bonchev–Trinajstić information content (AvgIpc) is 2.67. The first kappa shape index (κ1) is 14.7. The van der Waals surface area contributed by atoms with Crippen molar-refractivity contribution in [1.82, 2.24) is 14.3 Å². The molecule has 2 N–H and O–H groups in total. The molecule has 0 aliphatic carbocycles. The molecule has 0 spiro atoms. The van der Waals surface area contributed by atoms with E-state index in [0.29, 0.717) is 6.54 Å². The SMILES string of the molecule is CC(Cn1ccnc1)NS(=O)(=O)CCCC(=O)O. The molecule has 1 atom stereocenters. The summed E-state index contributed by atoms with van der Waals surface area (Å²) in [6, 6.07) is -0.269.